The van der Waals surface area contributed by atoms with Crippen molar-refractivity contribution in [3.8, 4) is 0 Å². The van der Waals surface area contributed by atoms with Gasteiger partial charge >= 0.3 is 0 Å². The summed E-state index contributed by atoms with van der Waals surface area (Å²) in [5, 5.41) is 0. The van der Waals surface area contributed by atoms with Crippen molar-refractivity contribution >= 4 is 15.9 Å². The van der Waals surface area contributed by atoms with E-state index in [4.69, 9.17) is 5.73 Å². The Morgan fingerprint density at radius 2 is 1.75 bits per heavy atom. The van der Waals surface area contributed by atoms with Crippen molar-refractivity contribution in [1.29, 1.82) is 0 Å². The molecule has 0 bridgehead atoms. The molecule has 86 valence electrons. The summed E-state index contributed by atoms with van der Waals surface area (Å²) in [6.07, 6.45) is 4.97. The van der Waals surface area contributed by atoms with Gasteiger partial charge in [0.25, 0.3) is 0 Å². The van der Waals surface area contributed by atoms with Gasteiger partial charge in [0.05, 0.1) is 0 Å². The predicted octanol–water partition coefficient (Wildman–Crippen LogP) is 3.59. The Labute approximate surface area is 106 Å². The van der Waals surface area contributed by atoms with Crippen LogP contribution in [0.2, 0.25) is 0 Å². The molecule has 0 unspecified atom stereocenters. The Morgan fingerprint density at radius 3 is 2.25 bits per heavy atom. The van der Waals surface area contributed by atoms with Crippen molar-refractivity contribution in [1.82, 2.24) is 0 Å². The number of nitrogens with two attached hydrogens (primary N) is 1. The first-order valence-electron chi connectivity index (χ1n) is 6.05. The summed E-state index contributed by atoms with van der Waals surface area (Å²) in [6, 6.07) is 4.52. The molecule has 0 aromatic heterocycles. The van der Waals surface area contributed by atoms with Crippen molar-refractivity contribution < 1.29 is 0 Å². The summed E-state index contributed by atoms with van der Waals surface area (Å²) in [5.41, 5.74) is 11.1. The molecular weight excluding hydrogens is 262 g/mol. The summed E-state index contributed by atoms with van der Waals surface area (Å²) < 4.78 is 1.26. The average molecular weight is 280 g/mol. The molecule has 2 heteroatoms. The monoisotopic (exact) mass is 279 g/mol. The van der Waals surface area contributed by atoms with Gasteiger partial charge in [-0.15, -0.1) is 0 Å². The van der Waals surface area contributed by atoms with E-state index in [2.05, 4.69) is 41.9 Å². The lowest BCUT2D eigenvalue weighted by molar-refractivity contribution is 0.501. The number of halogens is 1. The van der Waals surface area contributed by atoms with Crippen LogP contribution in [0.4, 0.5) is 0 Å². The van der Waals surface area contributed by atoms with Crippen LogP contribution in [0.3, 0.4) is 0 Å². The molecule has 1 nitrogen and oxygen atoms in total. The Morgan fingerprint density at radius 1 is 1.12 bits per heavy atom. The lowest BCUT2D eigenvalue weighted by Crippen LogP contribution is -2.37. The molecule has 1 aromatic rings. The van der Waals surface area contributed by atoms with Crippen LogP contribution in [0.25, 0.3) is 0 Å². The maximum Gasteiger partial charge on any atom is 0.0253 e. The van der Waals surface area contributed by atoms with Crippen molar-refractivity contribution in [2.45, 2.75) is 50.5 Å². The van der Waals surface area contributed by atoms with Crippen LogP contribution >= 0.6 is 15.9 Å². The first-order valence-corrected chi connectivity index (χ1v) is 6.85. The minimum absolute atomic E-state index is 0.118. The van der Waals surface area contributed by atoms with E-state index in [0.29, 0.717) is 5.41 Å². The molecule has 2 aliphatic rings. The molecule has 0 heterocycles. The second-order valence-corrected chi connectivity index (χ2v) is 6.40. The van der Waals surface area contributed by atoms with E-state index in [0.717, 1.165) is 0 Å². The van der Waals surface area contributed by atoms with Crippen molar-refractivity contribution in [2.75, 3.05) is 0 Å². The number of hydrogen-bond donors (Lipinski definition) is 1. The van der Waals surface area contributed by atoms with Crippen molar-refractivity contribution in [2.24, 2.45) is 5.73 Å². The molecule has 16 heavy (non-hydrogen) atoms. The van der Waals surface area contributed by atoms with Crippen LogP contribution in [-0.4, -0.2) is 5.54 Å². The Kier molecular flexibility index (Phi) is 2.10. The first kappa shape index (κ1) is 10.8. The van der Waals surface area contributed by atoms with Crippen molar-refractivity contribution in [3.63, 3.8) is 0 Å². The molecule has 2 fully saturated rings. The van der Waals surface area contributed by atoms with Crippen LogP contribution in [0.1, 0.15) is 42.4 Å². The SMILES string of the molecule is Cc1ccc(C2(C3(N)CC3)CC2)c(C)c1Br. The summed E-state index contributed by atoms with van der Waals surface area (Å²) >= 11 is 3.70. The molecule has 2 aliphatic carbocycles. The molecule has 0 atom stereocenters. The van der Waals surface area contributed by atoms with E-state index in [-0.39, 0.29) is 5.54 Å². The molecule has 3 rings (SSSR count). The number of aryl methyl sites for hydroxylation is 1. The molecule has 1 aromatic carbocycles. The van der Waals surface area contributed by atoms with Gasteiger partial charge in [-0.25, -0.2) is 0 Å². The third-order valence-electron chi connectivity index (χ3n) is 4.59. The second kappa shape index (κ2) is 3.11. The number of rotatable bonds is 2. The third-order valence-corrected chi connectivity index (χ3v) is 5.81. The van der Waals surface area contributed by atoms with E-state index >= 15 is 0 Å². The standard InChI is InChI=1S/C14H18BrN/c1-9-3-4-11(10(2)12(9)15)13(5-6-13)14(16)7-8-14/h3-4H,5-8,16H2,1-2H3. The van der Waals surface area contributed by atoms with Gasteiger partial charge in [0, 0.05) is 15.4 Å². The fraction of sp³-hybridized carbons (Fsp3) is 0.571. The fourth-order valence-electron chi connectivity index (χ4n) is 3.11. The topological polar surface area (TPSA) is 26.0 Å². The van der Waals surface area contributed by atoms with Crippen LogP contribution in [0.5, 0.6) is 0 Å². The van der Waals surface area contributed by atoms with Gasteiger partial charge in [-0.1, -0.05) is 28.1 Å². The zero-order chi connectivity index (χ0) is 11.6. The quantitative estimate of drug-likeness (QED) is 0.880. The highest BCUT2D eigenvalue weighted by Crippen LogP contribution is 2.64. The van der Waals surface area contributed by atoms with Crippen LogP contribution < -0.4 is 5.73 Å². The van der Waals surface area contributed by atoms with Crippen LogP contribution in [0.15, 0.2) is 16.6 Å². The molecular formula is C14H18BrN. The van der Waals surface area contributed by atoms with Gasteiger partial charge in [0.2, 0.25) is 0 Å². The van der Waals surface area contributed by atoms with E-state index in [1.54, 1.807) is 0 Å². The number of hydrogen-bond acceptors (Lipinski definition) is 1. The normalized spacial score (nSPS) is 24.2. The molecule has 0 aliphatic heterocycles. The van der Waals surface area contributed by atoms with Crippen LogP contribution in [0, 0.1) is 13.8 Å². The zero-order valence-corrected chi connectivity index (χ0v) is 11.5. The fourth-order valence-corrected chi connectivity index (χ4v) is 3.46. The summed E-state index contributed by atoms with van der Waals surface area (Å²) in [6.45, 7) is 4.37. The first-order chi connectivity index (χ1) is 7.50. The Bertz CT molecular complexity index is 456. The van der Waals surface area contributed by atoms with Gasteiger partial charge in [-0.05, 0) is 56.2 Å². The predicted molar refractivity (Wildman–Crippen MR) is 70.7 cm³/mol. The largest absolute Gasteiger partial charge is 0.324 e. The maximum atomic E-state index is 6.46. The van der Waals surface area contributed by atoms with Gasteiger partial charge in [0.1, 0.15) is 0 Å². The van der Waals surface area contributed by atoms with Crippen molar-refractivity contribution in [3.05, 3.63) is 33.3 Å². The van der Waals surface area contributed by atoms with E-state index < -0.39 is 0 Å². The summed E-state index contributed by atoms with van der Waals surface area (Å²) in [4.78, 5) is 0. The summed E-state index contributed by atoms with van der Waals surface area (Å²) in [7, 11) is 0. The highest BCUT2D eigenvalue weighted by molar-refractivity contribution is 9.10. The highest BCUT2D eigenvalue weighted by atomic mass is 79.9. The third kappa shape index (κ3) is 1.26. The molecule has 2 N–H and O–H groups in total. The molecule has 0 spiro atoms. The highest BCUT2D eigenvalue weighted by Gasteiger charge is 2.64. The van der Waals surface area contributed by atoms with E-state index in [9.17, 15) is 0 Å². The van der Waals surface area contributed by atoms with E-state index in [1.807, 2.05) is 0 Å². The molecule has 0 radical (unpaired) electrons. The zero-order valence-electron chi connectivity index (χ0n) is 9.94. The lowest BCUT2D eigenvalue weighted by atomic mass is 9.83. The van der Waals surface area contributed by atoms with Crippen LogP contribution in [-0.2, 0) is 5.41 Å². The minimum atomic E-state index is 0.118. The second-order valence-electron chi connectivity index (χ2n) is 5.61. The molecule has 0 amide bonds. The smallest absolute Gasteiger partial charge is 0.0253 e. The molecule has 0 saturated heterocycles. The maximum absolute atomic E-state index is 6.46. The van der Waals surface area contributed by atoms with E-state index in [1.165, 1.54) is 46.8 Å². The van der Waals surface area contributed by atoms with Gasteiger partial charge in [0.15, 0.2) is 0 Å². The van der Waals surface area contributed by atoms with Gasteiger partial charge in [-0.2, -0.15) is 0 Å². The number of benzene rings is 1. The van der Waals surface area contributed by atoms with Gasteiger partial charge in [-0.3, -0.25) is 0 Å². The Hall–Kier alpha value is -0.340. The average Bonchev–Trinajstić information content (AvgIpc) is 3.11. The minimum Gasteiger partial charge on any atom is -0.324 e. The molecule has 2 saturated carbocycles. The Balaban J connectivity index is 2.11. The van der Waals surface area contributed by atoms with Gasteiger partial charge < -0.3 is 5.73 Å². The lowest BCUT2D eigenvalue weighted by Gasteiger charge is -2.26. The summed E-state index contributed by atoms with van der Waals surface area (Å²) in [5.74, 6) is 0.